The summed E-state index contributed by atoms with van der Waals surface area (Å²) < 4.78 is 11.5. The molecule has 31 heavy (non-hydrogen) atoms. The van der Waals surface area contributed by atoms with Crippen LogP contribution in [0.1, 0.15) is 37.9 Å². The molecule has 3 aromatic rings. The Morgan fingerprint density at radius 2 is 1.52 bits per heavy atom. The van der Waals surface area contributed by atoms with Crippen molar-refractivity contribution < 1.29 is 19.1 Å². The minimum atomic E-state index is -0.536. The van der Waals surface area contributed by atoms with Crippen LogP contribution in [0.5, 0.6) is 5.75 Å². The molecule has 0 unspecified atom stereocenters. The number of benzene rings is 3. The van der Waals surface area contributed by atoms with Crippen molar-refractivity contribution in [2.45, 2.75) is 12.6 Å². The number of hydrogen-bond donors (Lipinski definition) is 1. The first-order valence-electron chi connectivity index (χ1n) is 10.2. The van der Waals surface area contributed by atoms with Gasteiger partial charge in [-0.15, -0.1) is 0 Å². The van der Waals surface area contributed by atoms with Crippen molar-refractivity contribution in [3.63, 3.8) is 0 Å². The quantitative estimate of drug-likeness (QED) is 0.539. The molecule has 0 saturated carbocycles. The van der Waals surface area contributed by atoms with Gasteiger partial charge < -0.3 is 15.2 Å². The van der Waals surface area contributed by atoms with Crippen molar-refractivity contribution in [3.8, 4) is 5.75 Å². The fraction of sp³-hybridized carbons (Fsp3) is 0.200. The first-order chi connectivity index (χ1) is 15.2. The normalized spacial score (nSPS) is 13.9. The van der Waals surface area contributed by atoms with Gasteiger partial charge >= 0.3 is 0 Å². The number of carbonyl (C=O) groups excluding carboxylic acids is 2. The van der Waals surface area contributed by atoms with E-state index in [2.05, 4.69) is 0 Å². The predicted molar refractivity (Wildman–Crippen MR) is 117 cm³/mol. The number of rotatable bonds is 9. The molecular formula is C25H24N2O4. The summed E-state index contributed by atoms with van der Waals surface area (Å²) in [6.07, 6.45) is 0. The molecule has 4 rings (SSSR count). The van der Waals surface area contributed by atoms with Crippen LogP contribution in [0.2, 0.25) is 0 Å². The Morgan fingerprint density at radius 1 is 0.839 bits per heavy atom. The maximum atomic E-state index is 13.3. The van der Waals surface area contributed by atoms with Crippen LogP contribution in [-0.4, -0.2) is 36.5 Å². The Bertz CT molecular complexity index is 1050. The average Bonchev–Trinajstić information content (AvgIpc) is 3.06. The zero-order valence-electron chi connectivity index (χ0n) is 17.1. The molecule has 0 aliphatic carbocycles. The van der Waals surface area contributed by atoms with Gasteiger partial charge in [0.2, 0.25) is 0 Å². The zero-order chi connectivity index (χ0) is 21.6. The van der Waals surface area contributed by atoms with E-state index < -0.39 is 6.04 Å². The molecule has 0 radical (unpaired) electrons. The van der Waals surface area contributed by atoms with E-state index in [1.54, 1.807) is 18.2 Å². The summed E-state index contributed by atoms with van der Waals surface area (Å²) >= 11 is 0. The minimum absolute atomic E-state index is 0.195. The van der Waals surface area contributed by atoms with Gasteiger partial charge in [-0.2, -0.15) is 0 Å². The van der Waals surface area contributed by atoms with Crippen LogP contribution >= 0.6 is 0 Å². The van der Waals surface area contributed by atoms with Gasteiger partial charge in [0.25, 0.3) is 11.8 Å². The molecule has 2 amide bonds. The zero-order valence-corrected chi connectivity index (χ0v) is 17.1. The summed E-state index contributed by atoms with van der Waals surface area (Å²) in [7, 11) is 0. The number of nitrogens with two attached hydrogens (primary N) is 1. The Morgan fingerprint density at radius 3 is 2.23 bits per heavy atom. The lowest BCUT2D eigenvalue weighted by Crippen LogP contribution is -2.36. The number of imide groups is 1. The van der Waals surface area contributed by atoms with Crippen molar-refractivity contribution in [1.82, 2.24) is 4.90 Å². The van der Waals surface area contributed by atoms with Gasteiger partial charge in [0, 0.05) is 6.54 Å². The van der Waals surface area contributed by atoms with Crippen molar-refractivity contribution in [2.24, 2.45) is 5.73 Å². The van der Waals surface area contributed by atoms with Crippen LogP contribution < -0.4 is 10.5 Å². The largest absolute Gasteiger partial charge is 0.492 e. The maximum absolute atomic E-state index is 13.3. The first-order valence-corrected chi connectivity index (χ1v) is 10.2. The molecule has 0 spiro atoms. The van der Waals surface area contributed by atoms with Gasteiger partial charge in [0.15, 0.2) is 0 Å². The molecule has 1 heterocycles. The SMILES string of the molecule is NCCOc1ccc2c(c1)C(=O)N([C@H](COCc1ccccc1)c1ccccc1)C2=O. The van der Waals surface area contributed by atoms with Gasteiger partial charge in [-0.05, 0) is 29.3 Å². The van der Waals surface area contributed by atoms with Gasteiger partial charge in [-0.25, -0.2) is 0 Å². The summed E-state index contributed by atoms with van der Waals surface area (Å²) in [5.74, 6) is -0.165. The number of carbonyl (C=O) groups is 2. The second-order valence-corrected chi connectivity index (χ2v) is 7.25. The van der Waals surface area contributed by atoms with Gasteiger partial charge in [0.1, 0.15) is 12.4 Å². The first kappa shape index (κ1) is 20.8. The van der Waals surface area contributed by atoms with Crippen molar-refractivity contribution in [3.05, 3.63) is 101 Å². The monoisotopic (exact) mass is 416 g/mol. The van der Waals surface area contributed by atoms with Crippen LogP contribution in [0.15, 0.2) is 78.9 Å². The molecule has 3 aromatic carbocycles. The van der Waals surface area contributed by atoms with Crippen LogP contribution in [-0.2, 0) is 11.3 Å². The van der Waals surface area contributed by atoms with Crippen LogP contribution in [0, 0.1) is 0 Å². The molecule has 0 bridgehead atoms. The molecule has 2 N–H and O–H groups in total. The molecule has 1 aliphatic heterocycles. The molecule has 158 valence electrons. The Balaban J connectivity index is 1.58. The molecule has 6 heteroatoms. The predicted octanol–water partition coefficient (Wildman–Crippen LogP) is 3.58. The second-order valence-electron chi connectivity index (χ2n) is 7.25. The Hall–Kier alpha value is -3.48. The molecule has 6 nitrogen and oxygen atoms in total. The maximum Gasteiger partial charge on any atom is 0.262 e. The lowest BCUT2D eigenvalue weighted by Gasteiger charge is -2.26. The van der Waals surface area contributed by atoms with E-state index in [-0.39, 0.29) is 18.4 Å². The number of hydrogen-bond acceptors (Lipinski definition) is 5. The Kier molecular flexibility index (Phi) is 6.40. The summed E-state index contributed by atoms with van der Waals surface area (Å²) in [4.78, 5) is 27.7. The third-order valence-electron chi connectivity index (χ3n) is 5.16. The third kappa shape index (κ3) is 4.50. The lowest BCUT2D eigenvalue weighted by molar-refractivity contribution is 0.0359. The lowest BCUT2D eigenvalue weighted by atomic mass is 10.1. The smallest absolute Gasteiger partial charge is 0.262 e. The highest BCUT2D eigenvalue weighted by Crippen LogP contribution is 2.33. The highest BCUT2D eigenvalue weighted by Gasteiger charge is 2.41. The summed E-state index contributed by atoms with van der Waals surface area (Å²) in [6, 6.07) is 23.6. The van der Waals surface area contributed by atoms with Crippen molar-refractivity contribution in [1.29, 1.82) is 0 Å². The average molecular weight is 416 g/mol. The molecule has 0 aromatic heterocycles. The van der Waals surface area contributed by atoms with E-state index >= 15 is 0 Å². The highest BCUT2D eigenvalue weighted by molar-refractivity contribution is 6.21. The molecule has 1 atom stereocenters. The highest BCUT2D eigenvalue weighted by atomic mass is 16.5. The van der Waals surface area contributed by atoms with Crippen molar-refractivity contribution in [2.75, 3.05) is 19.8 Å². The fourth-order valence-electron chi connectivity index (χ4n) is 3.65. The van der Waals surface area contributed by atoms with Gasteiger partial charge in [-0.1, -0.05) is 60.7 Å². The van der Waals surface area contributed by atoms with E-state index in [1.165, 1.54) is 4.90 Å². The number of nitrogens with zero attached hydrogens (tertiary/aromatic N) is 1. The second kappa shape index (κ2) is 9.55. The van der Waals surface area contributed by atoms with Crippen LogP contribution in [0.3, 0.4) is 0 Å². The summed E-state index contributed by atoms with van der Waals surface area (Å²) in [6.45, 7) is 1.29. The third-order valence-corrected chi connectivity index (χ3v) is 5.16. The number of ether oxygens (including phenoxy) is 2. The Labute approximate surface area is 181 Å². The number of amides is 2. The standard InChI is InChI=1S/C25H24N2O4/c26-13-14-31-20-11-12-21-22(15-20)25(29)27(24(21)28)23(19-9-5-2-6-10-19)17-30-16-18-7-3-1-4-8-18/h1-12,15,23H,13-14,16-17,26H2/t23-/m1/s1. The topological polar surface area (TPSA) is 81.9 Å². The summed E-state index contributed by atoms with van der Waals surface area (Å²) in [5.41, 5.74) is 8.06. The van der Waals surface area contributed by atoms with Crippen LogP contribution in [0.25, 0.3) is 0 Å². The van der Waals surface area contributed by atoms with Gasteiger partial charge in [0.05, 0.1) is 30.4 Å². The molecule has 0 fully saturated rings. The van der Waals surface area contributed by atoms with Gasteiger partial charge in [-0.3, -0.25) is 14.5 Å². The minimum Gasteiger partial charge on any atom is -0.492 e. The van der Waals surface area contributed by atoms with E-state index in [9.17, 15) is 9.59 Å². The number of fused-ring (bicyclic) bond motifs is 1. The van der Waals surface area contributed by atoms with Crippen molar-refractivity contribution >= 4 is 11.8 Å². The van der Waals surface area contributed by atoms with E-state index in [0.29, 0.717) is 36.6 Å². The fourth-order valence-corrected chi connectivity index (χ4v) is 3.65. The molecular weight excluding hydrogens is 392 g/mol. The van der Waals surface area contributed by atoms with E-state index in [0.717, 1.165) is 11.1 Å². The van der Waals surface area contributed by atoms with E-state index in [1.807, 2.05) is 60.7 Å². The molecule has 1 aliphatic rings. The summed E-state index contributed by atoms with van der Waals surface area (Å²) in [5, 5.41) is 0. The molecule has 0 saturated heterocycles. The van der Waals surface area contributed by atoms with Crippen LogP contribution in [0.4, 0.5) is 0 Å². The van der Waals surface area contributed by atoms with E-state index in [4.69, 9.17) is 15.2 Å².